The molecule has 2 aromatic carbocycles. The van der Waals surface area contributed by atoms with Crippen molar-refractivity contribution in [3.8, 4) is 11.5 Å². The summed E-state index contributed by atoms with van der Waals surface area (Å²) in [6.07, 6.45) is -0.996. The fourth-order valence-electron chi connectivity index (χ4n) is 2.35. The minimum absolute atomic E-state index is 0.323. The Hall–Kier alpha value is -3.02. The van der Waals surface area contributed by atoms with Gasteiger partial charge in [-0.05, 0) is 37.3 Å². The predicted octanol–water partition coefficient (Wildman–Crippen LogP) is 2.81. The third-order valence-corrected chi connectivity index (χ3v) is 3.55. The van der Waals surface area contributed by atoms with E-state index in [1.807, 2.05) is 0 Å². The average molecular weight is 314 g/mol. The van der Waals surface area contributed by atoms with Crippen LogP contribution in [0.2, 0.25) is 0 Å². The molecule has 118 valence electrons. The van der Waals surface area contributed by atoms with Crippen LogP contribution in [0.5, 0.6) is 11.5 Å². The maximum atomic E-state index is 12.1. The number of aliphatic carboxylic acids is 1. The van der Waals surface area contributed by atoms with Crippen LogP contribution in [-0.2, 0) is 4.79 Å². The molecule has 0 saturated carbocycles. The minimum atomic E-state index is -1.07. The maximum absolute atomic E-state index is 12.1. The van der Waals surface area contributed by atoms with Gasteiger partial charge in [-0.1, -0.05) is 0 Å². The largest absolute Gasteiger partial charge is 0.497 e. The number of carboxylic acid groups (broad SMARTS) is 1. The lowest BCUT2D eigenvalue weighted by molar-refractivity contribution is -0.144. The minimum Gasteiger partial charge on any atom is -0.497 e. The SMILES string of the molecule is COc1ccc2c(c1)c(=O)oc1cc(OC(C)C(=O)O)ccc12. The Balaban J connectivity index is 2.16. The Bertz CT molecular complexity index is 956. The Morgan fingerprint density at radius 2 is 1.78 bits per heavy atom. The maximum Gasteiger partial charge on any atom is 0.344 e. The van der Waals surface area contributed by atoms with Crippen molar-refractivity contribution in [3.63, 3.8) is 0 Å². The van der Waals surface area contributed by atoms with Crippen LogP contribution < -0.4 is 15.1 Å². The first-order valence-electron chi connectivity index (χ1n) is 6.93. The van der Waals surface area contributed by atoms with Crippen molar-refractivity contribution < 1.29 is 23.8 Å². The Kier molecular flexibility index (Phi) is 3.65. The zero-order valence-corrected chi connectivity index (χ0v) is 12.5. The number of fused-ring (bicyclic) bond motifs is 3. The number of methoxy groups -OCH3 is 1. The van der Waals surface area contributed by atoms with Gasteiger partial charge in [0.25, 0.3) is 0 Å². The van der Waals surface area contributed by atoms with Gasteiger partial charge < -0.3 is 19.0 Å². The van der Waals surface area contributed by atoms with E-state index in [1.54, 1.807) is 30.3 Å². The number of carbonyl (C=O) groups is 1. The molecule has 1 unspecified atom stereocenters. The predicted molar refractivity (Wildman–Crippen MR) is 84.3 cm³/mol. The molecule has 6 heteroatoms. The fourth-order valence-corrected chi connectivity index (χ4v) is 2.35. The molecule has 6 nitrogen and oxygen atoms in total. The summed E-state index contributed by atoms with van der Waals surface area (Å²) in [5.41, 5.74) is -0.155. The van der Waals surface area contributed by atoms with Crippen LogP contribution in [0.15, 0.2) is 45.6 Å². The van der Waals surface area contributed by atoms with E-state index in [1.165, 1.54) is 20.1 Å². The lowest BCUT2D eigenvalue weighted by Crippen LogP contribution is -2.22. The van der Waals surface area contributed by atoms with Crippen LogP contribution in [0, 0.1) is 0 Å². The molecule has 23 heavy (non-hydrogen) atoms. The van der Waals surface area contributed by atoms with E-state index < -0.39 is 17.7 Å². The highest BCUT2D eigenvalue weighted by Gasteiger charge is 2.14. The van der Waals surface area contributed by atoms with E-state index in [0.717, 1.165) is 10.8 Å². The molecule has 1 atom stereocenters. The molecule has 0 amide bonds. The molecule has 3 aromatic rings. The highest BCUT2D eigenvalue weighted by molar-refractivity contribution is 6.04. The molecule has 0 fully saturated rings. The number of benzene rings is 2. The Labute approximate surface area is 130 Å². The summed E-state index contributed by atoms with van der Waals surface area (Å²) >= 11 is 0. The molecule has 0 aliphatic heterocycles. The zero-order valence-electron chi connectivity index (χ0n) is 12.5. The van der Waals surface area contributed by atoms with Crippen molar-refractivity contribution in [3.05, 3.63) is 46.8 Å². The van der Waals surface area contributed by atoms with Crippen molar-refractivity contribution in [1.82, 2.24) is 0 Å². The van der Waals surface area contributed by atoms with Crippen molar-refractivity contribution in [1.29, 1.82) is 0 Å². The van der Waals surface area contributed by atoms with Gasteiger partial charge >= 0.3 is 11.6 Å². The first kappa shape index (κ1) is 14.9. The van der Waals surface area contributed by atoms with Gasteiger partial charge in [0.1, 0.15) is 17.1 Å². The lowest BCUT2D eigenvalue weighted by Gasteiger charge is -2.11. The second-order valence-corrected chi connectivity index (χ2v) is 5.06. The van der Waals surface area contributed by atoms with Crippen LogP contribution >= 0.6 is 0 Å². The van der Waals surface area contributed by atoms with Gasteiger partial charge in [-0.3, -0.25) is 0 Å². The third-order valence-electron chi connectivity index (χ3n) is 3.55. The van der Waals surface area contributed by atoms with Crippen molar-refractivity contribution in [2.45, 2.75) is 13.0 Å². The van der Waals surface area contributed by atoms with E-state index >= 15 is 0 Å². The first-order chi connectivity index (χ1) is 11.0. The van der Waals surface area contributed by atoms with Gasteiger partial charge in [0.15, 0.2) is 6.10 Å². The van der Waals surface area contributed by atoms with Crippen molar-refractivity contribution in [2.24, 2.45) is 0 Å². The molecule has 0 spiro atoms. The summed E-state index contributed by atoms with van der Waals surface area (Å²) in [5, 5.41) is 10.8. The van der Waals surface area contributed by atoms with Crippen LogP contribution in [0.1, 0.15) is 6.92 Å². The quantitative estimate of drug-likeness (QED) is 0.588. The summed E-state index contributed by atoms with van der Waals surface area (Å²) < 4.78 is 15.7. The second kappa shape index (κ2) is 5.64. The molecular weight excluding hydrogens is 300 g/mol. The average Bonchev–Trinajstić information content (AvgIpc) is 2.54. The van der Waals surface area contributed by atoms with Crippen LogP contribution in [0.25, 0.3) is 21.7 Å². The molecule has 1 N–H and O–H groups in total. The number of hydrogen-bond acceptors (Lipinski definition) is 5. The van der Waals surface area contributed by atoms with Gasteiger partial charge in [-0.15, -0.1) is 0 Å². The van der Waals surface area contributed by atoms with E-state index in [-0.39, 0.29) is 0 Å². The Morgan fingerprint density at radius 3 is 2.48 bits per heavy atom. The number of hydrogen-bond donors (Lipinski definition) is 1. The molecule has 1 heterocycles. The second-order valence-electron chi connectivity index (χ2n) is 5.06. The summed E-state index contributed by atoms with van der Waals surface area (Å²) in [5.74, 6) is -0.181. The fraction of sp³-hybridized carbons (Fsp3) is 0.176. The van der Waals surface area contributed by atoms with Crippen LogP contribution in [0.4, 0.5) is 0 Å². The molecular formula is C17H14O6. The number of rotatable bonds is 4. The van der Waals surface area contributed by atoms with Crippen molar-refractivity contribution in [2.75, 3.05) is 7.11 Å². The topological polar surface area (TPSA) is 86.0 Å². The van der Waals surface area contributed by atoms with Crippen LogP contribution in [0.3, 0.4) is 0 Å². The first-order valence-corrected chi connectivity index (χ1v) is 6.93. The van der Waals surface area contributed by atoms with Gasteiger partial charge in [0.2, 0.25) is 0 Å². The molecule has 0 saturated heterocycles. The summed E-state index contributed by atoms with van der Waals surface area (Å²) in [4.78, 5) is 23.0. The molecule has 0 radical (unpaired) electrons. The molecule has 0 aliphatic carbocycles. The highest BCUT2D eigenvalue weighted by Crippen LogP contribution is 2.28. The van der Waals surface area contributed by atoms with E-state index in [0.29, 0.717) is 22.5 Å². The van der Waals surface area contributed by atoms with Gasteiger partial charge in [-0.25, -0.2) is 9.59 Å². The smallest absolute Gasteiger partial charge is 0.344 e. The summed E-state index contributed by atoms with van der Waals surface area (Å²) in [6, 6.07) is 10.1. The zero-order chi connectivity index (χ0) is 16.6. The number of ether oxygens (including phenoxy) is 2. The molecule has 0 aliphatic rings. The van der Waals surface area contributed by atoms with Gasteiger partial charge in [-0.2, -0.15) is 0 Å². The standard InChI is InChI=1S/C17H14O6/c1-9(16(18)19)22-11-4-6-13-12-5-3-10(21-2)7-14(12)17(20)23-15(13)8-11/h3-9H,1-2H3,(H,18,19). The van der Waals surface area contributed by atoms with E-state index in [2.05, 4.69) is 0 Å². The summed E-state index contributed by atoms with van der Waals surface area (Å²) in [6.45, 7) is 1.43. The number of carboxylic acids is 1. The van der Waals surface area contributed by atoms with E-state index in [9.17, 15) is 9.59 Å². The van der Waals surface area contributed by atoms with Crippen molar-refractivity contribution >= 4 is 27.7 Å². The molecule has 3 rings (SSSR count). The summed E-state index contributed by atoms with van der Waals surface area (Å²) in [7, 11) is 1.52. The third kappa shape index (κ3) is 2.70. The molecule has 0 bridgehead atoms. The van der Waals surface area contributed by atoms with Gasteiger partial charge in [0.05, 0.1) is 12.5 Å². The van der Waals surface area contributed by atoms with Gasteiger partial charge in [0, 0.05) is 16.8 Å². The lowest BCUT2D eigenvalue weighted by atomic mass is 10.1. The normalized spacial score (nSPS) is 12.3. The van der Waals surface area contributed by atoms with E-state index in [4.69, 9.17) is 19.0 Å². The molecule has 1 aromatic heterocycles. The van der Waals surface area contributed by atoms with Crippen LogP contribution in [-0.4, -0.2) is 24.3 Å². The highest BCUT2D eigenvalue weighted by atomic mass is 16.5. The Morgan fingerprint density at radius 1 is 1.09 bits per heavy atom. The monoisotopic (exact) mass is 314 g/mol.